The molecule has 0 spiro atoms. The van der Waals surface area contributed by atoms with Gasteiger partial charge in [0.25, 0.3) is 0 Å². The van der Waals surface area contributed by atoms with Crippen LogP contribution in [-0.2, 0) is 6.54 Å². The summed E-state index contributed by atoms with van der Waals surface area (Å²) in [4.78, 5) is 14.4. The first-order chi connectivity index (χ1) is 11.3. The van der Waals surface area contributed by atoms with Crippen molar-refractivity contribution in [2.45, 2.75) is 6.54 Å². The number of nitrogens with zero attached hydrogens (tertiary/aromatic N) is 4. The zero-order valence-electron chi connectivity index (χ0n) is 13.2. The second kappa shape index (κ2) is 6.35. The molecule has 1 radical (unpaired) electrons. The van der Waals surface area contributed by atoms with Crippen molar-refractivity contribution in [1.29, 1.82) is 0 Å². The SMILES string of the molecule is CN1CCN(Cc2cccc(-c3cc4ncn[c]c4s3)c2)CC1. The third-order valence-electron chi connectivity index (χ3n) is 4.35. The molecule has 1 aromatic carbocycles. The van der Waals surface area contributed by atoms with Crippen LogP contribution < -0.4 is 0 Å². The Hall–Kier alpha value is -1.82. The van der Waals surface area contributed by atoms with E-state index in [2.05, 4.69) is 63.3 Å². The van der Waals surface area contributed by atoms with Crippen LogP contribution in [0.4, 0.5) is 0 Å². The fourth-order valence-corrected chi connectivity index (χ4v) is 3.92. The van der Waals surface area contributed by atoms with Crippen LogP contribution >= 0.6 is 11.3 Å². The quantitative estimate of drug-likeness (QED) is 0.742. The standard InChI is InChI=1S/C18H19N4S/c1-21-5-7-22(8-6-21)12-14-3-2-4-15(9-14)17-10-16-18(23-17)11-19-13-20-16/h2-4,9-10,13H,5-8,12H2,1H3. The van der Waals surface area contributed by atoms with E-state index in [0.717, 1.165) is 42.9 Å². The Labute approximate surface area is 140 Å². The topological polar surface area (TPSA) is 32.3 Å². The monoisotopic (exact) mass is 323 g/mol. The van der Waals surface area contributed by atoms with E-state index in [1.807, 2.05) is 0 Å². The van der Waals surface area contributed by atoms with Gasteiger partial charge in [0.2, 0.25) is 0 Å². The van der Waals surface area contributed by atoms with Crippen LogP contribution in [0.2, 0.25) is 0 Å². The Balaban J connectivity index is 1.56. The van der Waals surface area contributed by atoms with Gasteiger partial charge in [-0.05, 0) is 30.3 Å². The maximum Gasteiger partial charge on any atom is 0.116 e. The summed E-state index contributed by atoms with van der Waals surface area (Å²) in [5, 5.41) is 0. The molecule has 1 fully saturated rings. The third kappa shape index (κ3) is 3.27. The smallest absolute Gasteiger partial charge is 0.116 e. The summed E-state index contributed by atoms with van der Waals surface area (Å²) in [6, 6.07) is 11.0. The maximum absolute atomic E-state index is 4.31. The van der Waals surface area contributed by atoms with E-state index in [0.29, 0.717) is 0 Å². The van der Waals surface area contributed by atoms with E-state index >= 15 is 0 Å². The van der Waals surface area contributed by atoms with E-state index < -0.39 is 0 Å². The van der Waals surface area contributed by atoms with Gasteiger partial charge in [-0.2, -0.15) is 0 Å². The minimum Gasteiger partial charge on any atom is -0.304 e. The maximum atomic E-state index is 4.31. The third-order valence-corrected chi connectivity index (χ3v) is 5.42. The summed E-state index contributed by atoms with van der Waals surface area (Å²) in [5.74, 6) is 0. The fourth-order valence-electron chi connectivity index (χ4n) is 2.97. The van der Waals surface area contributed by atoms with Gasteiger partial charge in [-0.15, -0.1) is 11.3 Å². The minimum atomic E-state index is 0.976. The van der Waals surface area contributed by atoms with E-state index in [4.69, 9.17) is 0 Å². The molecule has 3 heterocycles. The predicted octanol–water partition coefficient (Wildman–Crippen LogP) is 2.91. The minimum absolute atomic E-state index is 0.976. The van der Waals surface area contributed by atoms with Crippen LogP contribution in [0.3, 0.4) is 0 Å². The average Bonchev–Trinajstić information content (AvgIpc) is 3.01. The van der Waals surface area contributed by atoms with Gasteiger partial charge in [-0.25, -0.2) is 9.97 Å². The molecule has 117 valence electrons. The van der Waals surface area contributed by atoms with Crippen molar-refractivity contribution in [3.8, 4) is 10.4 Å². The Bertz CT molecular complexity index is 772. The molecule has 4 nitrogen and oxygen atoms in total. The molecule has 4 rings (SSSR count). The largest absolute Gasteiger partial charge is 0.304 e. The summed E-state index contributed by atoms with van der Waals surface area (Å²) >= 11 is 1.70. The number of aromatic nitrogens is 2. The van der Waals surface area contributed by atoms with Crippen LogP contribution in [0.15, 0.2) is 36.7 Å². The van der Waals surface area contributed by atoms with Gasteiger partial charge in [-0.3, -0.25) is 4.90 Å². The number of hydrogen-bond acceptors (Lipinski definition) is 5. The number of fused-ring (bicyclic) bond motifs is 1. The van der Waals surface area contributed by atoms with E-state index in [1.54, 1.807) is 17.7 Å². The van der Waals surface area contributed by atoms with Gasteiger partial charge >= 0.3 is 0 Å². The van der Waals surface area contributed by atoms with Crippen molar-refractivity contribution < 1.29 is 0 Å². The van der Waals surface area contributed by atoms with Crippen molar-refractivity contribution >= 4 is 21.6 Å². The molecule has 1 aliphatic rings. The Morgan fingerprint density at radius 2 is 2.04 bits per heavy atom. The Morgan fingerprint density at radius 3 is 2.87 bits per heavy atom. The molecule has 1 saturated heterocycles. The fraction of sp³-hybridized carbons (Fsp3) is 0.333. The highest BCUT2D eigenvalue weighted by Crippen LogP contribution is 2.32. The molecule has 5 heteroatoms. The van der Waals surface area contributed by atoms with E-state index in [-0.39, 0.29) is 0 Å². The highest BCUT2D eigenvalue weighted by Gasteiger charge is 2.14. The van der Waals surface area contributed by atoms with E-state index in [9.17, 15) is 0 Å². The molecule has 0 saturated carbocycles. The molecule has 3 aromatic rings. The number of thiophene rings is 1. The first-order valence-electron chi connectivity index (χ1n) is 7.90. The molecule has 0 amide bonds. The van der Waals surface area contributed by atoms with E-state index in [1.165, 1.54) is 16.0 Å². The van der Waals surface area contributed by atoms with Gasteiger partial charge < -0.3 is 4.90 Å². The first-order valence-corrected chi connectivity index (χ1v) is 8.72. The molecule has 2 aromatic heterocycles. The number of likely N-dealkylation sites (N-methyl/N-ethyl adjacent to an activating group) is 1. The molecule has 0 N–H and O–H groups in total. The summed E-state index contributed by atoms with van der Waals surface area (Å²) in [6.45, 7) is 5.63. The lowest BCUT2D eigenvalue weighted by molar-refractivity contribution is 0.148. The van der Waals surface area contributed by atoms with Gasteiger partial charge in [0.1, 0.15) is 12.5 Å². The molecule has 1 aliphatic heterocycles. The van der Waals surface area contributed by atoms with Crippen molar-refractivity contribution in [3.05, 3.63) is 48.4 Å². The average molecular weight is 323 g/mol. The molecule has 0 bridgehead atoms. The molecule has 0 atom stereocenters. The normalized spacial score (nSPS) is 16.9. The molecular weight excluding hydrogens is 304 g/mol. The van der Waals surface area contributed by atoms with Gasteiger partial charge in [0, 0.05) is 37.6 Å². The number of rotatable bonds is 3. The molecule has 23 heavy (non-hydrogen) atoms. The molecule has 0 aliphatic carbocycles. The van der Waals surface area contributed by atoms with Crippen LogP contribution in [0, 0.1) is 6.20 Å². The van der Waals surface area contributed by atoms with Gasteiger partial charge in [0.15, 0.2) is 0 Å². The highest BCUT2D eigenvalue weighted by molar-refractivity contribution is 7.22. The van der Waals surface area contributed by atoms with Crippen LogP contribution in [0.5, 0.6) is 0 Å². The molecule has 0 unspecified atom stereocenters. The van der Waals surface area contributed by atoms with Crippen LogP contribution in [0.1, 0.15) is 5.56 Å². The highest BCUT2D eigenvalue weighted by atomic mass is 32.1. The summed E-state index contributed by atoms with van der Waals surface area (Å²) in [5.41, 5.74) is 3.61. The second-order valence-corrected chi connectivity index (χ2v) is 7.14. The lowest BCUT2D eigenvalue weighted by Crippen LogP contribution is -2.43. The summed E-state index contributed by atoms with van der Waals surface area (Å²) in [7, 11) is 2.19. The van der Waals surface area contributed by atoms with Crippen LogP contribution in [-0.4, -0.2) is 53.0 Å². The predicted molar refractivity (Wildman–Crippen MR) is 94.5 cm³/mol. The Kier molecular flexibility index (Phi) is 4.08. The summed E-state index contributed by atoms with van der Waals surface area (Å²) in [6.07, 6.45) is 4.58. The van der Waals surface area contributed by atoms with Gasteiger partial charge in [-0.1, -0.05) is 18.2 Å². The van der Waals surface area contributed by atoms with Crippen LogP contribution in [0.25, 0.3) is 20.7 Å². The zero-order valence-corrected chi connectivity index (χ0v) is 14.0. The second-order valence-electron chi connectivity index (χ2n) is 6.09. The number of benzene rings is 1. The van der Waals surface area contributed by atoms with Crippen molar-refractivity contribution in [2.24, 2.45) is 0 Å². The molecular formula is C18H19N4S. The van der Waals surface area contributed by atoms with Crippen molar-refractivity contribution in [2.75, 3.05) is 33.2 Å². The Morgan fingerprint density at radius 1 is 1.17 bits per heavy atom. The summed E-state index contributed by atoms with van der Waals surface area (Å²) < 4.78 is 1.02. The van der Waals surface area contributed by atoms with Crippen molar-refractivity contribution in [1.82, 2.24) is 19.8 Å². The lowest BCUT2D eigenvalue weighted by atomic mass is 10.1. The van der Waals surface area contributed by atoms with Gasteiger partial charge in [0.05, 0.1) is 10.2 Å². The lowest BCUT2D eigenvalue weighted by Gasteiger charge is -2.32. The zero-order chi connectivity index (χ0) is 15.6. The number of hydrogen-bond donors (Lipinski definition) is 0. The van der Waals surface area contributed by atoms with Crippen molar-refractivity contribution in [3.63, 3.8) is 0 Å². The first kappa shape index (κ1) is 14.8. The number of piperazine rings is 1.